The Balaban J connectivity index is 0.000000250. The van der Waals surface area contributed by atoms with Crippen LogP contribution in [0.4, 0.5) is 0 Å². The van der Waals surface area contributed by atoms with E-state index in [0.717, 1.165) is 12.8 Å². The summed E-state index contributed by atoms with van der Waals surface area (Å²) in [6, 6.07) is 0. The van der Waals surface area contributed by atoms with Crippen LogP contribution in [-0.4, -0.2) is 10.6 Å². The minimum atomic E-state index is 0. The molecule has 2 nitrogen and oxygen atoms in total. The molecule has 0 saturated carbocycles. The van der Waals surface area contributed by atoms with Crippen LogP contribution in [0.1, 0.15) is 12.8 Å². The highest BCUT2D eigenvalue weighted by Crippen LogP contribution is 2.12. The van der Waals surface area contributed by atoms with Crippen LogP contribution in [0.3, 0.4) is 0 Å². The largest absolute Gasteiger partial charge is 0.513 e. The van der Waals surface area contributed by atoms with Crippen molar-refractivity contribution in [3.8, 4) is 0 Å². The van der Waals surface area contributed by atoms with E-state index in [1.807, 2.05) is 6.08 Å². The lowest BCUT2D eigenvalue weighted by Crippen LogP contribution is -1.88. The van der Waals surface area contributed by atoms with Gasteiger partial charge in [0, 0.05) is 6.42 Å². The predicted molar refractivity (Wildman–Crippen MR) is 23.6 cm³/mol. The molecular weight excluding hydrogens is 80.0 g/mol. The van der Waals surface area contributed by atoms with Gasteiger partial charge in [-0.15, -0.1) is 0 Å². The summed E-state index contributed by atoms with van der Waals surface area (Å²) in [6.07, 6.45) is 3.80. The van der Waals surface area contributed by atoms with Gasteiger partial charge in [-0.3, -0.25) is 0 Å². The highest BCUT2D eigenvalue weighted by molar-refractivity contribution is 5.01. The number of aliphatic hydroxyl groups excluding tert-OH is 1. The van der Waals surface area contributed by atoms with Crippen LogP contribution >= 0.6 is 0 Å². The number of allylic oxidation sites excluding steroid dienone is 2. The average molecular weight is 88.1 g/mol. The molecule has 0 aromatic carbocycles. The van der Waals surface area contributed by atoms with Crippen LogP contribution in [0.5, 0.6) is 0 Å². The lowest BCUT2D eigenvalue weighted by molar-refractivity contribution is 0.364. The first kappa shape index (κ1) is 5.50. The van der Waals surface area contributed by atoms with Crippen LogP contribution in [0.15, 0.2) is 11.8 Å². The highest BCUT2D eigenvalue weighted by Gasteiger charge is 1.98. The van der Waals surface area contributed by atoms with Gasteiger partial charge >= 0.3 is 0 Å². The molecule has 3 N–H and O–H groups in total. The lowest BCUT2D eigenvalue weighted by Gasteiger charge is -2.03. The van der Waals surface area contributed by atoms with Crippen molar-refractivity contribution in [2.45, 2.75) is 12.8 Å². The number of aliphatic hydroxyl groups is 1. The SMILES string of the molecule is O.OC1=CCC1. The van der Waals surface area contributed by atoms with Crippen molar-refractivity contribution in [1.29, 1.82) is 0 Å². The second-order valence-corrected chi connectivity index (χ2v) is 1.23. The highest BCUT2D eigenvalue weighted by atomic mass is 16.3. The lowest BCUT2D eigenvalue weighted by atomic mass is 10.1. The predicted octanol–water partition coefficient (Wildman–Crippen LogP) is 0.397. The van der Waals surface area contributed by atoms with Gasteiger partial charge in [0.2, 0.25) is 0 Å². The van der Waals surface area contributed by atoms with E-state index in [0.29, 0.717) is 5.76 Å². The van der Waals surface area contributed by atoms with Gasteiger partial charge in [0.05, 0.1) is 5.76 Å². The fraction of sp³-hybridized carbons (Fsp3) is 0.500. The monoisotopic (exact) mass is 88.1 g/mol. The molecule has 6 heavy (non-hydrogen) atoms. The topological polar surface area (TPSA) is 51.7 Å². The fourth-order valence-corrected chi connectivity index (χ4v) is 0.273. The van der Waals surface area contributed by atoms with Crippen LogP contribution in [-0.2, 0) is 0 Å². The van der Waals surface area contributed by atoms with Gasteiger partial charge in [0.1, 0.15) is 0 Å². The van der Waals surface area contributed by atoms with E-state index >= 15 is 0 Å². The molecule has 2 heteroatoms. The first-order valence-corrected chi connectivity index (χ1v) is 1.77. The van der Waals surface area contributed by atoms with Crippen molar-refractivity contribution >= 4 is 0 Å². The summed E-state index contributed by atoms with van der Waals surface area (Å²) in [4.78, 5) is 0. The van der Waals surface area contributed by atoms with Gasteiger partial charge in [-0.05, 0) is 12.5 Å². The first-order chi connectivity index (χ1) is 2.39. The molecule has 0 radical (unpaired) electrons. The second kappa shape index (κ2) is 1.82. The Morgan fingerprint density at radius 1 is 1.67 bits per heavy atom. The summed E-state index contributed by atoms with van der Waals surface area (Å²) in [5, 5.41) is 8.31. The number of hydrogen-bond donors (Lipinski definition) is 1. The number of hydrogen-bond acceptors (Lipinski definition) is 1. The molecule has 0 fully saturated rings. The Labute approximate surface area is 36.4 Å². The van der Waals surface area contributed by atoms with Crippen LogP contribution < -0.4 is 0 Å². The van der Waals surface area contributed by atoms with E-state index in [4.69, 9.17) is 5.11 Å². The van der Waals surface area contributed by atoms with Gasteiger partial charge in [-0.1, -0.05) is 0 Å². The van der Waals surface area contributed by atoms with Gasteiger partial charge in [-0.2, -0.15) is 0 Å². The maximum Gasteiger partial charge on any atom is 0.0886 e. The van der Waals surface area contributed by atoms with Crippen LogP contribution in [0.25, 0.3) is 0 Å². The minimum absolute atomic E-state index is 0. The average Bonchev–Trinajstić information content (AvgIpc) is 1.30. The van der Waals surface area contributed by atoms with Gasteiger partial charge < -0.3 is 10.6 Å². The minimum Gasteiger partial charge on any atom is -0.513 e. The molecule has 1 aliphatic rings. The van der Waals surface area contributed by atoms with Crippen molar-refractivity contribution in [2.24, 2.45) is 0 Å². The molecule has 0 heterocycles. The summed E-state index contributed by atoms with van der Waals surface area (Å²) < 4.78 is 0. The molecular formula is C4H8O2. The number of rotatable bonds is 0. The first-order valence-electron chi connectivity index (χ1n) is 1.77. The van der Waals surface area contributed by atoms with Crippen molar-refractivity contribution < 1.29 is 10.6 Å². The van der Waals surface area contributed by atoms with Crippen molar-refractivity contribution in [3.05, 3.63) is 11.8 Å². The van der Waals surface area contributed by atoms with Crippen molar-refractivity contribution in [1.82, 2.24) is 0 Å². The van der Waals surface area contributed by atoms with E-state index in [9.17, 15) is 0 Å². The Hall–Kier alpha value is -0.500. The maximum atomic E-state index is 8.31. The van der Waals surface area contributed by atoms with Gasteiger partial charge in [0.15, 0.2) is 0 Å². The molecule has 0 amide bonds. The quantitative estimate of drug-likeness (QED) is 0.457. The van der Waals surface area contributed by atoms with Crippen LogP contribution in [0.2, 0.25) is 0 Å². The van der Waals surface area contributed by atoms with E-state index in [-0.39, 0.29) is 5.48 Å². The third kappa shape index (κ3) is 0.723. The molecule has 1 rings (SSSR count). The van der Waals surface area contributed by atoms with Crippen molar-refractivity contribution in [2.75, 3.05) is 0 Å². The van der Waals surface area contributed by atoms with Gasteiger partial charge in [0.25, 0.3) is 0 Å². The molecule has 1 aliphatic carbocycles. The molecule has 0 aromatic rings. The van der Waals surface area contributed by atoms with Crippen molar-refractivity contribution in [3.63, 3.8) is 0 Å². The molecule has 36 valence electrons. The Kier molecular flexibility index (Phi) is 1.67. The van der Waals surface area contributed by atoms with Gasteiger partial charge in [-0.25, -0.2) is 0 Å². The summed E-state index contributed by atoms with van der Waals surface area (Å²) in [7, 11) is 0. The summed E-state index contributed by atoms with van der Waals surface area (Å²) in [5.41, 5.74) is 0. The van der Waals surface area contributed by atoms with Crippen LogP contribution in [0, 0.1) is 0 Å². The third-order valence-electron chi connectivity index (χ3n) is 0.780. The normalized spacial score (nSPS) is 17.0. The van der Waals surface area contributed by atoms with E-state index < -0.39 is 0 Å². The molecule has 0 atom stereocenters. The molecule has 0 spiro atoms. The zero-order chi connectivity index (χ0) is 3.70. The Bertz CT molecular complexity index is 65.9. The van der Waals surface area contributed by atoms with E-state index in [1.54, 1.807) is 0 Å². The summed E-state index contributed by atoms with van der Waals surface area (Å²) >= 11 is 0. The molecule has 0 bridgehead atoms. The molecule has 0 saturated heterocycles. The zero-order valence-corrected chi connectivity index (χ0v) is 3.44. The van der Waals surface area contributed by atoms with E-state index in [1.165, 1.54) is 0 Å². The summed E-state index contributed by atoms with van der Waals surface area (Å²) in [5.74, 6) is 0.560. The smallest absolute Gasteiger partial charge is 0.0886 e. The second-order valence-electron chi connectivity index (χ2n) is 1.23. The molecule has 0 aromatic heterocycles. The molecule has 0 unspecified atom stereocenters. The fourth-order valence-electron chi connectivity index (χ4n) is 0.273. The van der Waals surface area contributed by atoms with E-state index in [2.05, 4.69) is 0 Å². The Morgan fingerprint density at radius 3 is 2.00 bits per heavy atom. The zero-order valence-electron chi connectivity index (χ0n) is 3.44. The maximum absolute atomic E-state index is 8.31. The summed E-state index contributed by atoms with van der Waals surface area (Å²) in [6.45, 7) is 0. The third-order valence-corrected chi connectivity index (χ3v) is 0.780. The Morgan fingerprint density at radius 2 is 2.00 bits per heavy atom. The standard InChI is InChI=1S/C4H6O.H2O/c5-4-2-1-3-4;/h2,5H,1,3H2;1H2. The molecule has 0 aliphatic heterocycles.